The molecular formula is C34H35F6N2O4+. The molecule has 0 aliphatic carbocycles. The van der Waals surface area contributed by atoms with E-state index in [9.17, 15) is 35.9 Å². The minimum absolute atomic E-state index is 0.0905. The molecule has 0 bridgehead atoms. The Bertz CT molecular complexity index is 1880. The Morgan fingerprint density at radius 3 is 1.96 bits per heavy atom. The maximum Gasteiger partial charge on any atom is 0.416 e. The van der Waals surface area contributed by atoms with Gasteiger partial charge in [0, 0.05) is 49.6 Å². The second kappa shape index (κ2) is 11.5. The molecule has 0 spiro atoms. The summed E-state index contributed by atoms with van der Waals surface area (Å²) < 4.78 is 93.8. The lowest BCUT2D eigenvalue weighted by atomic mass is 9.79. The maximum absolute atomic E-state index is 13.6. The summed E-state index contributed by atoms with van der Waals surface area (Å²) >= 11 is 0. The Hall–Kier alpha value is -3.77. The average Bonchev–Trinajstić information content (AvgIpc) is 3.32. The smallest absolute Gasteiger partial charge is 0.383 e. The van der Waals surface area contributed by atoms with E-state index in [1.54, 1.807) is 32.3 Å². The molecule has 12 heteroatoms. The third kappa shape index (κ3) is 5.49. The highest BCUT2D eigenvalue weighted by Gasteiger charge is 2.47. The summed E-state index contributed by atoms with van der Waals surface area (Å²) in [5.74, 6) is 0. The lowest BCUT2D eigenvalue weighted by Crippen LogP contribution is -2.66. The van der Waals surface area contributed by atoms with Gasteiger partial charge in [0.25, 0.3) is 0 Å². The standard InChI is InChI=1S/C34H35F6N2O4/c1-31(2)23-15-19(33(35,36)37)7-9-25(23)41(11-13-45-5)27(31)17-21-29(43)22(30(21)44)18-28-32(3,4)24-16-20(34(38,39)40)8-10-26(24)42(28)12-14-46-6/h7-10,15-18,27H,11-14H2,1-6H3/q+1. The first-order valence-electron chi connectivity index (χ1n) is 14.7. The van der Waals surface area contributed by atoms with Gasteiger partial charge in [-0.3, -0.25) is 9.59 Å². The summed E-state index contributed by atoms with van der Waals surface area (Å²) in [5, 5.41) is -0.205. The number of alkyl halides is 6. The molecular weight excluding hydrogens is 614 g/mol. The quantitative estimate of drug-likeness (QED) is 0.268. The molecule has 1 unspecified atom stereocenters. The van der Waals surface area contributed by atoms with Crippen LogP contribution in [-0.4, -0.2) is 56.9 Å². The molecule has 0 aromatic heterocycles. The molecule has 3 aromatic carbocycles. The van der Waals surface area contributed by atoms with Crippen LogP contribution in [-0.2, 0) is 32.7 Å². The number of halogens is 6. The molecule has 0 saturated heterocycles. The first kappa shape index (κ1) is 33.6. The van der Waals surface area contributed by atoms with E-state index >= 15 is 0 Å². The molecule has 2 aliphatic rings. The highest BCUT2D eigenvalue weighted by atomic mass is 19.4. The predicted octanol–water partition coefficient (Wildman–Crippen LogP) is 4.42. The Balaban J connectivity index is 1.63. The predicted molar refractivity (Wildman–Crippen MR) is 163 cm³/mol. The molecule has 46 heavy (non-hydrogen) atoms. The highest BCUT2D eigenvalue weighted by molar-refractivity contribution is 6.15. The van der Waals surface area contributed by atoms with Crippen LogP contribution >= 0.6 is 0 Å². The molecule has 1 atom stereocenters. The van der Waals surface area contributed by atoms with Crippen molar-refractivity contribution < 1.29 is 40.4 Å². The van der Waals surface area contributed by atoms with Crippen LogP contribution in [0.2, 0.25) is 0 Å². The van der Waals surface area contributed by atoms with Gasteiger partial charge in [0.05, 0.1) is 39.6 Å². The third-order valence-electron chi connectivity index (χ3n) is 9.26. The summed E-state index contributed by atoms with van der Waals surface area (Å²) in [4.78, 5) is 29.0. The largest absolute Gasteiger partial charge is 0.416 e. The molecule has 0 amide bonds. The van der Waals surface area contributed by atoms with Gasteiger partial charge in [-0.1, -0.05) is 13.8 Å². The molecule has 6 nitrogen and oxygen atoms in total. The number of fused-ring (bicyclic) bond motifs is 2. The van der Waals surface area contributed by atoms with Gasteiger partial charge in [0.15, 0.2) is 12.3 Å². The number of nitrogens with zero attached hydrogens (tertiary/aromatic N) is 2. The van der Waals surface area contributed by atoms with Gasteiger partial charge >= 0.3 is 12.4 Å². The van der Waals surface area contributed by atoms with Crippen molar-refractivity contribution in [2.24, 2.45) is 0 Å². The normalized spacial score (nSPS) is 18.7. The Morgan fingerprint density at radius 2 is 1.39 bits per heavy atom. The summed E-state index contributed by atoms with van der Waals surface area (Å²) in [6.45, 7) is 8.06. The van der Waals surface area contributed by atoms with E-state index in [0.717, 1.165) is 24.3 Å². The molecule has 5 rings (SSSR count). The van der Waals surface area contributed by atoms with E-state index in [-0.39, 0.29) is 30.2 Å². The first-order chi connectivity index (χ1) is 21.3. The van der Waals surface area contributed by atoms with Crippen molar-refractivity contribution in [1.82, 2.24) is 0 Å². The van der Waals surface area contributed by atoms with Gasteiger partial charge in [-0.2, -0.15) is 30.9 Å². The van der Waals surface area contributed by atoms with Crippen molar-refractivity contribution in [3.63, 3.8) is 0 Å². The van der Waals surface area contributed by atoms with Crippen LogP contribution in [0.3, 0.4) is 0 Å². The fraction of sp³-hybridized carbons (Fsp3) is 0.441. The van der Waals surface area contributed by atoms with Gasteiger partial charge in [-0.05, 0) is 55.8 Å². The lowest BCUT2D eigenvalue weighted by Gasteiger charge is -2.32. The van der Waals surface area contributed by atoms with Crippen molar-refractivity contribution in [3.8, 4) is 0 Å². The minimum Gasteiger partial charge on any atom is -0.383 e. The zero-order valence-corrected chi connectivity index (χ0v) is 26.3. The first-order valence-corrected chi connectivity index (χ1v) is 14.7. The van der Waals surface area contributed by atoms with Crippen molar-refractivity contribution in [3.05, 3.63) is 89.5 Å². The average molecular weight is 650 g/mol. The van der Waals surface area contributed by atoms with Crippen LogP contribution < -0.4 is 26.2 Å². The number of ether oxygens (including phenoxy) is 2. The number of hydrogen-bond acceptors (Lipinski definition) is 5. The molecule has 0 N–H and O–H groups in total. The van der Waals surface area contributed by atoms with Crippen molar-refractivity contribution in [2.45, 2.75) is 56.9 Å². The molecule has 0 fully saturated rings. The Morgan fingerprint density at radius 1 is 0.826 bits per heavy atom. The van der Waals surface area contributed by atoms with Crippen molar-refractivity contribution in [2.75, 3.05) is 45.4 Å². The van der Waals surface area contributed by atoms with Crippen LogP contribution in [0.25, 0.3) is 12.2 Å². The van der Waals surface area contributed by atoms with Crippen LogP contribution in [0.15, 0.2) is 46.0 Å². The fourth-order valence-corrected chi connectivity index (χ4v) is 6.67. The summed E-state index contributed by atoms with van der Waals surface area (Å²) in [6, 6.07) is 6.36. The molecule has 2 heterocycles. The van der Waals surface area contributed by atoms with Crippen LogP contribution in [0, 0.1) is 0 Å². The SMILES string of the molecule is COCCN1c2ccc(C(F)(F)F)cc2C(C)(C)C1C=c1c(=O)c(=CC2=[N+](CCOC)c3ccc(C(F)(F)F)cc3C2(C)C)c1=O. The van der Waals surface area contributed by atoms with E-state index in [1.807, 2.05) is 4.90 Å². The second-order valence-electron chi connectivity index (χ2n) is 12.8. The fourth-order valence-electron chi connectivity index (χ4n) is 6.67. The van der Waals surface area contributed by atoms with Gasteiger partial charge < -0.3 is 14.4 Å². The van der Waals surface area contributed by atoms with Crippen molar-refractivity contribution >= 4 is 29.2 Å². The van der Waals surface area contributed by atoms with Gasteiger partial charge in [0.2, 0.25) is 16.5 Å². The van der Waals surface area contributed by atoms with Gasteiger partial charge in [-0.25, -0.2) is 0 Å². The van der Waals surface area contributed by atoms with Gasteiger partial charge in [0.1, 0.15) is 6.61 Å². The third-order valence-corrected chi connectivity index (χ3v) is 9.26. The van der Waals surface area contributed by atoms with Crippen LogP contribution in [0.4, 0.5) is 37.7 Å². The van der Waals surface area contributed by atoms with E-state index < -0.39 is 51.2 Å². The van der Waals surface area contributed by atoms with Crippen LogP contribution in [0.5, 0.6) is 0 Å². The number of anilines is 1. The number of hydrogen-bond donors (Lipinski definition) is 0. The highest BCUT2D eigenvalue weighted by Crippen LogP contribution is 2.48. The lowest BCUT2D eigenvalue weighted by molar-refractivity contribution is -0.440. The summed E-state index contributed by atoms with van der Waals surface area (Å²) in [5.41, 5.74) is -2.18. The Labute approximate surface area is 261 Å². The van der Waals surface area contributed by atoms with E-state index in [2.05, 4.69) is 0 Å². The number of rotatable bonds is 8. The van der Waals surface area contributed by atoms with Crippen molar-refractivity contribution in [1.29, 1.82) is 0 Å². The molecule has 246 valence electrons. The summed E-state index contributed by atoms with van der Waals surface area (Å²) in [7, 11) is 2.99. The van der Waals surface area contributed by atoms with E-state index in [4.69, 9.17) is 9.47 Å². The summed E-state index contributed by atoms with van der Waals surface area (Å²) in [6.07, 6.45) is -6.14. The number of methoxy groups -OCH3 is 2. The zero-order chi connectivity index (χ0) is 34.0. The van der Waals surface area contributed by atoms with E-state index in [1.165, 1.54) is 38.5 Å². The van der Waals surface area contributed by atoms with Gasteiger partial charge in [-0.15, -0.1) is 0 Å². The van der Waals surface area contributed by atoms with E-state index in [0.29, 0.717) is 34.8 Å². The maximum atomic E-state index is 13.6. The topological polar surface area (TPSA) is 58.9 Å². The monoisotopic (exact) mass is 649 g/mol. The molecule has 3 aromatic rings. The molecule has 0 radical (unpaired) electrons. The minimum atomic E-state index is -4.55. The second-order valence-corrected chi connectivity index (χ2v) is 12.8. The zero-order valence-electron chi connectivity index (χ0n) is 26.3. The Kier molecular flexibility index (Phi) is 8.39. The molecule has 2 aliphatic heterocycles. The number of benzene rings is 2. The molecule has 0 saturated carbocycles. The van der Waals surface area contributed by atoms with Crippen LogP contribution in [0.1, 0.15) is 49.9 Å².